The number of rotatable bonds is 5. The van der Waals surface area contributed by atoms with Crippen molar-refractivity contribution in [3.8, 4) is 0 Å². The molecule has 1 fully saturated rings. The van der Waals surface area contributed by atoms with Crippen LogP contribution >= 0.6 is 0 Å². The number of amides is 2. The maximum atomic E-state index is 12.9. The summed E-state index contributed by atoms with van der Waals surface area (Å²) in [5.41, 5.74) is 1.58. The van der Waals surface area contributed by atoms with Crippen LogP contribution in [0.15, 0.2) is 48.5 Å². The smallest absolute Gasteiger partial charge is 0.255 e. The Morgan fingerprint density at radius 2 is 1.56 bits per heavy atom. The van der Waals surface area contributed by atoms with Crippen molar-refractivity contribution in [1.82, 2.24) is 4.90 Å². The van der Waals surface area contributed by atoms with E-state index in [1.54, 1.807) is 29.2 Å². The molecule has 1 saturated carbocycles. The lowest BCUT2D eigenvalue weighted by Gasteiger charge is -2.27. The van der Waals surface area contributed by atoms with Gasteiger partial charge in [-0.15, -0.1) is 0 Å². The van der Waals surface area contributed by atoms with E-state index in [4.69, 9.17) is 0 Å². The van der Waals surface area contributed by atoms with E-state index in [-0.39, 0.29) is 17.6 Å². The third-order valence-corrected chi connectivity index (χ3v) is 5.10. The highest BCUT2D eigenvalue weighted by Crippen LogP contribution is 2.24. The third kappa shape index (κ3) is 5.16. The van der Waals surface area contributed by atoms with Crippen molar-refractivity contribution >= 4 is 17.5 Å². The zero-order valence-corrected chi connectivity index (χ0v) is 15.6. The van der Waals surface area contributed by atoms with E-state index in [0.29, 0.717) is 22.7 Å². The molecule has 0 radical (unpaired) electrons. The summed E-state index contributed by atoms with van der Waals surface area (Å²) in [5.74, 6) is -0.103. The van der Waals surface area contributed by atoms with Gasteiger partial charge in [0.15, 0.2) is 0 Å². The molecule has 5 heteroatoms. The summed E-state index contributed by atoms with van der Waals surface area (Å²) in [6, 6.07) is 12.2. The molecule has 4 nitrogen and oxygen atoms in total. The number of halogens is 1. The Labute approximate surface area is 159 Å². The number of benzene rings is 2. The predicted octanol–water partition coefficient (Wildman–Crippen LogP) is 4.73. The van der Waals surface area contributed by atoms with E-state index < -0.39 is 0 Å². The molecular formula is C22H25FN2O2. The van der Waals surface area contributed by atoms with Gasteiger partial charge in [-0.3, -0.25) is 9.59 Å². The monoisotopic (exact) mass is 368 g/mol. The van der Waals surface area contributed by atoms with Gasteiger partial charge in [-0.1, -0.05) is 19.3 Å². The van der Waals surface area contributed by atoms with E-state index in [2.05, 4.69) is 5.32 Å². The van der Waals surface area contributed by atoms with Crippen molar-refractivity contribution in [3.63, 3.8) is 0 Å². The highest BCUT2D eigenvalue weighted by molar-refractivity contribution is 6.04. The van der Waals surface area contributed by atoms with Crippen LogP contribution in [0.1, 0.15) is 52.8 Å². The van der Waals surface area contributed by atoms with Crippen molar-refractivity contribution in [2.24, 2.45) is 5.92 Å². The molecule has 27 heavy (non-hydrogen) atoms. The second kappa shape index (κ2) is 8.80. The van der Waals surface area contributed by atoms with E-state index in [1.165, 1.54) is 56.4 Å². The van der Waals surface area contributed by atoms with Crippen LogP contribution in [0.2, 0.25) is 0 Å². The molecule has 1 aliphatic rings. The SMILES string of the molecule is CN(CC1CCCCC1)C(=O)c1ccc(NC(=O)c2ccc(F)cc2)cc1. The van der Waals surface area contributed by atoms with E-state index in [9.17, 15) is 14.0 Å². The van der Waals surface area contributed by atoms with Gasteiger partial charge < -0.3 is 10.2 Å². The molecule has 0 aliphatic heterocycles. The maximum Gasteiger partial charge on any atom is 0.255 e. The molecule has 2 aromatic carbocycles. The van der Waals surface area contributed by atoms with E-state index in [0.717, 1.165) is 6.54 Å². The summed E-state index contributed by atoms with van der Waals surface area (Å²) in [6.07, 6.45) is 6.22. The van der Waals surface area contributed by atoms with Gasteiger partial charge in [0.1, 0.15) is 5.82 Å². The standard InChI is InChI=1S/C22H25FN2O2/c1-25(15-16-5-3-2-4-6-16)22(27)18-9-13-20(14-10-18)24-21(26)17-7-11-19(23)12-8-17/h7-14,16H,2-6,15H2,1H3,(H,24,26). The van der Waals surface area contributed by atoms with E-state index in [1.807, 2.05) is 7.05 Å². The Morgan fingerprint density at radius 3 is 2.19 bits per heavy atom. The molecule has 0 bridgehead atoms. The van der Waals surface area contributed by atoms with Crippen molar-refractivity contribution in [1.29, 1.82) is 0 Å². The summed E-state index contributed by atoms with van der Waals surface area (Å²) >= 11 is 0. The van der Waals surface area contributed by atoms with Crippen LogP contribution in [0.5, 0.6) is 0 Å². The number of carbonyl (C=O) groups excluding carboxylic acids is 2. The maximum absolute atomic E-state index is 12.9. The first-order chi connectivity index (χ1) is 13.0. The summed E-state index contributed by atoms with van der Waals surface area (Å²) < 4.78 is 12.9. The summed E-state index contributed by atoms with van der Waals surface area (Å²) in [4.78, 5) is 26.6. The van der Waals surface area contributed by atoms with Crippen LogP contribution in [0, 0.1) is 11.7 Å². The van der Waals surface area contributed by atoms with Crippen molar-refractivity contribution in [3.05, 3.63) is 65.5 Å². The molecule has 0 aromatic heterocycles. The fourth-order valence-electron chi connectivity index (χ4n) is 3.56. The topological polar surface area (TPSA) is 49.4 Å². The molecule has 2 aromatic rings. The highest BCUT2D eigenvalue weighted by Gasteiger charge is 2.19. The summed E-state index contributed by atoms with van der Waals surface area (Å²) in [6.45, 7) is 0.794. The molecule has 0 spiro atoms. The zero-order valence-electron chi connectivity index (χ0n) is 15.6. The Morgan fingerprint density at radius 1 is 0.963 bits per heavy atom. The minimum atomic E-state index is -0.383. The van der Waals surface area contributed by atoms with Crippen LogP contribution < -0.4 is 5.32 Å². The summed E-state index contributed by atoms with van der Waals surface area (Å²) in [5, 5.41) is 2.75. The van der Waals surface area contributed by atoms with Gasteiger partial charge >= 0.3 is 0 Å². The molecule has 142 valence electrons. The second-order valence-corrected chi connectivity index (χ2v) is 7.23. The average molecular weight is 368 g/mol. The first kappa shape index (κ1) is 19.1. The molecule has 3 rings (SSSR count). The minimum absolute atomic E-state index is 0.00279. The van der Waals surface area contributed by atoms with Gasteiger partial charge in [-0.2, -0.15) is 0 Å². The van der Waals surface area contributed by atoms with Crippen LogP contribution in [0.25, 0.3) is 0 Å². The van der Waals surface area contributed by atoms with Crippen molar-refractivity contribution in [2.45, 2.75) is 32.1 Å². The molecule has 0 atom stereocenters. The lowest BCUT2D eigenvalue weighted by Crippen LogP contribution is -2.32. The van der Waals surface area contributed by atoms with Gasteiger partial charge in [0.2, 0.25) is 0 Å². The Balaban J connectivity index is 1.58. The molecule has 2 amide bonds. The molecule has 0 saturated heterocycles. The molecular weight excluding hydrogens is 343 g/mol. The first-order valence-corrected chi connectivity index (χ1v) is 9.45. The number of carbonyl (C=O) groups is 2. The summed E-state index contributed by atoms with van der Waals surface area (Å²) in [7, 11) is 1.85. The minimum Gasteiger partial charge on any atom is -0.341 e. The quantitative estimate of drug-likeness (QED) is 0.829. The number of hydrogen-bond acceptors (Lipinski definition) is 2. The molecule has 0 heterocycles. The average Bonchev–Trinajstić information content (AvgIpc) is 2.69. The normalized spacial score (nSPS) is 14.6. The van der Waals surface area contributed by atoms with Crippen LogP contribution in [-0.2, 0) is 0 Å². The van der Waals surface area contributed by atoms with Crippen LogP contribution in [0.4, 0.5) is 10.1 Å². The zero-order chi connectivity index (χ0) is 19.2. The lowest BCUT2D eigenvalue weighted by molar-refractivity contribution is 0.0760. The second-order valence-electron chi connectivity index (χ2n) is 7.23. The largest absolute Gasteiger partial charge is 0.341 e. The van der Waals surface area contributed by atoms with Crippen molar-refractivity contribution < 1.29 is 14.0 Å². The number of nitrogens with zero attached hydrogens (tertiary/aromatic N) is 1. The van der Waals surface area contributed by atoms with Gasteiger partial charge in [0, 0.05) is 30.4 Å². The lowest BCUT2D eigenvalue weighted by atomic mass is 9.89. The molecule has 1 N–H and O–H groups in total. The fraction of sp³-hybridized carbons (Fsp3) is 0.364. The Bertz CT molecular complexity index is 781. The number of nitrogens with one attached hydrogen (secondary N) is 1. The van der Waals surface area contributed by atoms with Crippen molar-refractivity contribution in [2.75, 3.05) is 18.9 Å². The highest BCUT2D eigenvalue weighted by atomic mass is 19.1. The number of anilines is 1. The van der Waals surface area contributed by atoms with E-state index >= 15 is 0 Å². The van der Waals surface area contributed by atoms with Crippen LogP contribution in [0.3, 0.4) is 0 Å². The van der Waals surface area contributed by atoms with Gasteiger partial charge in [-0.05, 0) is 67.3 Å². The van der Waals surface area contributed by atoms with Crippen LogP contribution in [-0.4, -0.2) is 30.3 Å². The first-order valence-electron chi connectivity index (χ1n) is 9.45. The Kier molecular flexibility index (Phi) is 6.22. The molecule has 0 unspecified atom stereocenters. The fourth-order valence-corrected chi connectivity index (χ4v) is 3.56. The van der Waals surface area contributed by atoms with Gasteiger partial charge in [0.05, 0.1) is 0 Å². The third-order valence-electron chi connectivity index (χ3n) is 5.10. The number of hydrogen-bond donors (Lipinski definition) is 1. The molecule has 1 aliphatic carbocycles. The van der Waals surface area contributed by atoms with Gasteiger partial charge in [-0.25, -0.2) is 4.39 Å². The van der Waals surface area contributed by atoms with Gasteiger partial charge in [0.25, 0.3) is 11.8 Å². The Hall–Kier alpha value is -2.69. The predicted molar refractivity (Wildman–Crippen MR) is 104 cm³/mol.